The van der Waals surface area contributed by atoms with E-state index in [9.17, 15) is 4.79 Å². The van der Waals surface area contributed by atoms with Gasteiger partial charge in [-0.05, 0) is 39.3 Å². The molecule has 1 aromatic rings. The number of hydrogen-bond acceptors (Lipinski definition) is 2. The van der Waals surface area contributed by atoms with Crippen LogP contribution >= 0.6 is 12.4 Å². The summed E-state index contributed by atoms with van der Waals surface area (Å²) in [5.41, 5.74) is 7.14. The van der Waals surface area contributed by atoms with Gasteiger partial charge in [0.25, 0.3) is 0 Å². The van der Waals surface area contributed by atoms with Gasteiger partial charge in [-0.2, -0.15) is 0 Å². The Balaban J connectivity index is 0.00000289. The third-order valence-corrected chi connectivity index (χ3v) is 3.01. The number of carbonyl (C=O) groups is 1. The Morgan fingerprint density at radius 1 is 1.28 bits per heavy atom. The van der Waals surface area contributed by atoms with Crippen LogP contribution < -0.4 is 11.1 Å². The molecule has 0 fully saturated rings. The third kappa shape index (κ3) is 4.31. The van der Waals surface area contributed by atoms with Gasteiger partial charge in [-0.1, -0.05) is 29.8 Å². The number of halogens is 1. The third-order valence-electron chi connectivity index (χ3n) is 3.01. The monoisotopic (exact) mass is 270 g/mol. The van der Waals surface area contributed by atoms with Crippen molar-refractivity contribution in [1.29, 1.82) is 0 Å². The summed E-state index contributed by atoms with van der Waals surface area (Å²) in [6.07, 6.45) is 0.815. The number of rotatable bonds is 5. The van der Waals surface area contributed by atoms with Crippen molar-refractivity contribution in [3.8, 4) is 0 Å². The van der Waals surface area contributed by atoms with Crippen LogP contribution in [0.4, 0.5) is 0 Å². The van der Waals surface area contributed by atoms with E-state index in [1.54, 1.807) is 0 Å². The molecule has 0 aliphatic carbocycles. The van der Waals surface area contributed by atoms with E-state index in [0.29, 0.717) is 13.1 Å². The summed E-state index contributed by atoms with van der Waals surface area (Å²) >= 11 is 0. The molecule has 0 bridgehead atoms. The molecule has 0 aromatic heterocycles. The fourth-order valence-corrected chi connectivity index (χ4v) is 1.63. The first-order valence-electron chi connectivity index (χ1n) is 6.04. The van der Waals surface area contributed by atoms with Gasteiger partial charge in [0.15, 0.2) is 0 Å². The molecule has 0 aliphatic heterocycles. The standard InChI is InChI=1S/C14H22N2O.ClH/c1-11-5-7-12(8-6-11)14(2,3)13(17)16-10-4-9-15;/h5-8H,4,9-10,15H2,1-3H3,(H,16,17);1H. The lowest BCUT2D eigenvalue weighted by Gasteiger charge is -2.24. The Kier molecular flexibility index (Phi) is 6.96. The zero-order valence-electron chi connectivity index (χ0n) is 11.3. The smallest absolute Gasteiger partial charge is 0.230 e. The highest BCUT2D eigenvalue weighted by Crippen LogP contribution is 2.23. The molecule has 3 N–H and O–H groups in total. The Morgan fingerprint density at radius 2 is 1.83 bits per heavy atom. The molecule has 4 heteroatoms. The Bertz CT molecular complexity index is 374. The number of amides is 1. The number of hydrogen-bond donors (Lipinski definition) is 2. The molecular weight excluding hydrogens is 248 g/mol. The number of aryl methyl sites for hydroxylation is 1. The van der Waals surface area contributed by atoms with Crippen molar-refractivity contribution in [3.05, 3.63) is 35.4 Å². The van der Waals surface area contributed by atoms with E-state index < -0.39 is 5.41 Å². The van der Waals surface area contributed by atoms with Crippen molar-refractivity contribution in [2.45, 2.75) is 32.6 Å². The van der Waals surface area contributed by atoms with Gasteiger partial charge in [0.1, 0.15) is 0 Å². The molecule has 0 saturated carbocycles. The van der Waals surface area contributed by atoms with E-state index in [0.717, 1.165) is 12.0 Å². The first kappa shape index (κ1) is 16.9. The first-order chi connectivity index (χ1) is 7.98. The number of nitrogens with two attached hydrogens (primary N) is 1. The molecule has 0 unspecified atom stereocenters. The fraction of sp³-hybridized carbons (Fsp3) is 0.500. The summed E-state index contributed by atoms with van der Waals surface area (Å²) in [4.78, 5) is 12.1. The quantitative estimate of drug-likeness (QED) is 0.806. The van der Waals surface area contributed by atoms with Crippen LogP contribution in [-0.2, 0) is 10.2 Å². The maximum atomic E-state index is 12.1. The molecular formula is C14H23ClN2O. The molecule has 18 heavy (non-hydrogen) atoms. The summed E-state index contributed by atoms with van der Waals surface area (Å²) in [5, 5.41) is 2.92. The average molecular weight is 271 g/mol. The Labute approximate surface area is 116 Å². The van der Waals surface area contributed by atoms with Crippen LogP contribution in [-0.4, -0.2) is 19.0 Å². The van der Waals surface area contributed by atoms with Gasteiger partial charge in [0.2, 0.25) is 5.91 Å². The topological polar surface area (TPSA) is 55.1 Å². The van der Waals surface area contributed by atoms with Crippen molar-refractivity contribution in [3.63, 3.8) is 0 Å². The second kappa shape index (κ2) is 7.39. The number of benzene rings is 1. The SMILES string of the molecule is Cc1ccc(C(C)(C)C(=O)NCCCN)cc1.Cl. The molecule has 1 aromatic carbocycles. The molecule has 0 saturated heterocycles. The lowest BCUT2D eigenvalue weighted by molar-refractivity contribution is -0.125. The maximum Gasteiger partial charge on any atom is 0.230 e. The van der Waals surface area contributed by atoms with Crippen LogP contribution in [0.2, 0.25) is 0 Å². The predicted molar refractivity (Wildman–Crippen MR) is 78.1 cm³/mol. The number of nitrogens with one attached hydrogen (secondary N) is 1. The van der Waals surface area contributed by atoms with Crippen molar-refractivity contribution in [2.24, 2.45) is 5.73 Å². The largest absolute Gasteiger partial charge is 0.355 e. The van der Waals surface area contributed by atoms with Gasteiger partial charge in [-0.15, -0.1) is 12.4 Å². The van der Waals surface area contributed by atoms with E-state index in [4.69, 9.17) is 5.73 Å². The summed E-state index contributed by atoms with van der Waals surface area (Å²) in [6.45, 7) is 7.17. The lowest BCUT2D eigenvalue weighted by Crippen LogP contribution is -2.40. The van der Waals surface area contributed by atoms with Gasteiger partial charge in [0, 0.05) is 6.54 Å². The molecule has 0 radical (unpaired) electrons. The Hall–Kier alpha value is -1.06. The lowest BCUT2D eigenvalue weighted by atomic mass is 9.83. The maximum absolute atomic E-state index is 12.1. The van der Waals surface area contributed by atoms with Crippen LogP contribution in [0.5, 0.6) is 0 Å². The minimum absolute atomic E-state index is 0. The van der Waals surface area contributed by atoms with Crippen LogP contribution in [0.25, 0.3) is 0 Å². The van der Waals surface area contributed by atoms with Crippen LogP contribution in [0, 0.1) is 6.92 Å². The molecule has 0 atom stereocenters. The second-order valence-corrected chi connectivity index (χ2v) is 4.89. The van der Waals surface area contributed by atoms with Crippen LogP contribution in [0.3, 0.4) is 0 Å². The average Bonchev–Trinajstić information content (AvgIpc) is 2.29. The molecule has 0 heterocycles. The van der Waals surface area contributed by atoms with E-state index >= 15 is 0 Å². The van der Waals surface area contributed by atoms with E-state index in [-0.39, 0.29) is 18.3 Å². The first-order valence-corrected chi connectivity index (χ1v) is 6.04. The summed E-state index contributed by atoms with van der Waals surface area (Å²) in [5.74, 6) is 0.0507. The van der Waals surface area contributed by atoms with E-state index in [1.807, 2.05) is 45.0 Å². The highest BCUT2D eigenvalue weighted by atomic mass is 35.5. The molecule has 1 amide bonds. The zero-order valence-corrected chi connectivity index (χ0v) is 12.1. The molecule has 1 rings (SSSR count). The predicted octanol–water partition coefficient (Wildman–Crippen LogP) is 2.16. The van der Waals surface area contributed by atoms with E-state index in [2.05, 4.69) is 5.32 Å². The summed E-state index contributed by atoms with van der Waals surface area (Å²) in [6, 6.07) is 8.09. The van der Waals surface area contributed by atoms with Gasteiger partial charge in [-0.3, -0.25) is 4.79 Å². The zero-order chi connectivity index (χ0) is 12.9. The highest BCUT2D eigenvalue weighted by molar-refractivity contribution is 5.87. The van der Waals surface area contributed by atoms with Gasteiger partial charge in [-0.25, -0.2) is 0 Å². The van der Waals surface area contributed by atoms with Crippen molar-refractivity contribution in [1.82, 2.24) is 5.32 Å². The van der Waals surface area contributed by atoms with Gasteiger partial charge >= 0.3 is 0 Å². The minimum atomic E-state index is -0.498. The van der Waals surface area contributed by atoms with Crippen molar-refractivity contribution >= 4 is 18.3 Å². The van der Waals surface area contributed by atoms with Gasteiger partial charge in [0.05, 0.1) is 5.41 Å². The fourth-order valence-electron chi connectivity index (χ4n) is 1.63. The van der Waals surface area contributed by atoms with Crippen molar-refractivity contribution in [2.75, 3.05) is 13.1 Å². The molecule has 0 aliphatic rings. The van der Waals surface area contributed by atoms with Crippen LogP contribution in [0.15, 0.2) is 24.3 Å². The minimum Gasteiger partial charge on any atom is -0.355 e. The van der Waals surface area contributed by atoms with Crippen LogP contribution in [0.1, 0.15) is 31.4 Å². The second-order valence-electron chi connectivity index (χ2n) is 4.89. The normalized spacial score (nSPS) is 10.7. The summed E-state index contributed by atoms with van der Waals surface area (Å²) < 4.78 is 0. The Morgan fingerprint density at radius 3 is 2.33 bits per heavy atom. The van der Waals surface area contributed by atoms with E-state index in [1.165, 1.54) is 5.56 Å². The summed E-state index contributed by atoms with van der Waals surface area (Å²) in [7, 11) is 0. The van der Waals surface area contributed by atoms with Crippen molar-refractivity contribution < 1.29 is 4.79 Å². The highest BCUT2D eigenvalue weighted by Gasteiger charge is 2.29. The molecule has 3 nitrogen and oxygen atoms in total. The number of carbonyl (C=O) groups excluding carboxylic acids is 1. The molecule has 102 valence electrons. The molecule has 0 spiro atoms. The van der Waals surface area contributed by atoms with Gasteiger partial charge < -0.3 is 11.1 Å².